The number of rotatable bonds is 14. The topological polar surface area (TPSA) is 225 Å². The van der Waals surface area contributed by atoms with E-state index < -0.39 is 35.1 Å². The summed E-state index contributed by atoms with van der Waals surface area (Å²) in [5.74, 6) is -2.72. The second-order valence-corrected chi connectivity index (χ2v) is 16.8. The van der Waals surface area contributed by atoms with Gasteiger partial charge >= 0.3 is 0 Å². The molecule has 0 aliphatic rings. The second kappa shape index (κ2) is 21.4. The molecule has 0 heterocycles. The maximum Gasteiger partial charge on any atom is 0.259 e. The molecule has 0 spiro atoms. The highest BCUT2D eigenvalue weighted by molar-refractivity contribution is 6.14. The van der Waals surface area contributed by atoms with Crippen LogP contribution < -0.4 is 30.7 Å². The van der Waals surface area contributed by atoms with E-state index in [4.69, 9.17) is 9.47 Å². The zero-order chi connectivity index (χ0) is 51.9. The quantitative estimate of drug-likeness (QED) is 0.0573. The first kappa shape index (κ1) is 48.8. The molecule has 0 aliphatic carbocycles. The molecule has 366 valence electrons. The maximum atomic E-state index is 14.1. The molecule has 9 rings (SSSR count). The average Bonchev–Trinajstić information content (AvgIpc) is 3.41. The Morgan fingerprint density at radius 1 is 0.405 bits per heavy atom. The standard InChI is InChI=1S/C58H46N8O8/c1-33-29-48(62-58(72)44-32-36-18-12-14-24-40(36)50(52(44)68)66-64-46-28-16-26-42(54(46)74-4)56(70)60-38-21-9-6-10-22-38)34(2)30-47(33)61-57(71)43-31-35-17-11-13-23-39(35)49(51(43)67)65-63-45-27-15-25-41(53(45)73-3)55(69)59-37-19-7-5-8-20-37/h5-32,67-68H,1-4H3,(H,59,69)(H,60,70)(H,61,71)(H,62,72). The van der Waals surface area contributed by atoms with Crippen LogP contribution in [0.15, 0.2) is 190 Å². The van der Waals surface area contributed by atoms with Crippen molar-refractivity contribution in [2.75, 3.05) is 35.5 Å². The Morgan fingerprint density at radius 3 is 1.16 bits per heavy atom. The normalized spacial score (nSPS) is 11.2. The van der Waals surface area contributed by atoms with Gasteiger partial charge in [-0.3, -0.25) is 19.2 Å². The van der Waals surface area contributed by atoms with Crippen molar-refractivity contribution < 1.29 is 38.9 Å². The van der Waals surface area contributed by atoms with Gasteiger partial charge in [0.15, 0.2) is 23.0 Å². The first-order valence-corrected chi connectivity index (χ1v) is 23.1. The van der Waals surface area contributed by atoms with Gasteiger partial charge in [-0.05, 0) is 109 Å². The first-order valence-electron chi connectivity index (χ1n) is 23.1. The minimum Gasteiger partial charge on any atom is -0.505 e. The van der Waals surface area contributed by atoms with Crippen LogP contribution >= 0.6 is 0 Å². The number of anilines is 4. The number of amides is 4. The van der Waals surface area contributed by atoms with Crippen LogP contribution in [0.5, 0.6) is 23.0 Å². The van der Waals surface area contributed by atoms with Crippen LogP contribution in [0.3, 0.4) is 0 Å². The highest BCUT2D eigenvalue weighted by Gasteiger charge is 2.24. The summed E-state index contributed by atoms with van der Waals surface area (Å²) in [4.78, 5) is 54.8. The fourth-order valence-corrected chi connectivity index (χ4v) is 8.29. The van der Waals surface area contributed by atoms with Gasteiger partial charge in [0.05, 0.1) is 36.5 Å². The number of nitrogens with zero attached hydrogens (tertiary/aromatic N) is 4. The second-order valence-electron chi connectivity index (χ2n) is 16.8. The predicted molar refractivity (Wildman–Crippen MR) is 286 cm³/mol. The Morgan fingerprint density at radius 2 is 0.770 bits per heavy atom. The summed E-state index contributed by atoms with van der Waals surface area (Å²) in [7, 11) is 2.82. The van der Waals surface area contributed by atoms with Crippen LogP contribution in [0.2, 0.25) is 0 Å². The van der Waals surface area contributed by atoms with Gasteiger partial charge in [0.1, 0.15) is 22.7 Å². The van der Waals surface area contributed by atoms with E-state index in [1.165, 1.54) is 14.2 Å². The number of aromatic hydroxyl groups is 2. The van der Waals surface area contributed by atoms with Gasteiger partial charge in [0, 0.05) is 33.5 Å². The van der Waals surface area contributed by atoms with Crippen LogP contribution in [0.4, 0.5) is 45.5 Å². The number of nitrogens with one attached hydrogen (secondary N) is 4. The maximum absolute atomic E-state index is 14.1. The van der Waals surface area contributed by atoms with E-state index in [1.807, 2.05) is 12.1 Å². The predicted octanol–water partition coefficient (Wildman–Crippen LogP) is 13.9. The van der Waals surface area contributed by atoms with Crippen molar-refractivity contribution in [3.05, 3.63) is 203 Å². The average molecular weight is 983 g/mol. The number of aryl methyl sites for hydroxylation is 2. The van der Waals surface area contributed by atoms with E-state index in [0.717, 1.165) is 0 Å². The summed E-state index contributed by atoms with van der Waals surface area (Å²) in [5.41, 5.74) is 3.78. The Balaban J connectivity index is 0.960. The molecular weight excluding hydrogens is 937 g/mol. The lowest BCUT2D eigenvalue weighted by Crippen LogP contribution is -2.15. The molecule has 0 atom stereocenters. The number of carbonyl (C=O) groups excluding carboxylic acids is 4. The zero-order valence-electron chi connectivity index (χ0n) is 40.3. The Bertz CT molecular complexity index is 3490. The third-order valence-corrected chi connectivity index (χ3v) is 12.0. The number of methoxy groups -OCH3 is 2. The lowest BCUT2D eigenvalue weighted by atomic mass is 10.0. The summed E-state index contributed by atoms with van der Waals surface area (Å²) in [5, 5.41) is 54.7. The van der Waals surface area contributed by atoms with E-state index in [-0.39, 0.29) is 56.5 Å². The summed E-state index contributed by atoms with van der Waals surface area (Å²) in [6, 6.07) is 48.2. The summed E-state index contributed by atoms with van der Waals surface area (Å²) < 4.78 is 11.2. The Labute approximate surface area is 424 Å². The Hall–Kier alpha value is -10.2. The molecule has 9 aromatic carbocycles. The number of benzene rings is 9. The van der Waals surface area contributed by atoms with Crippen LogP contribution in [0.25, 0.3) is 21.5 Å². The molecule has 0 unspecified atom stereocenters. The number of carbonyl (C=O) groups is 4. The molecule has 0 fully saturated rings. The van der Waals surface area contributed by atoms with Crippen molar-refractivity contribution in [1.29, 1.82) is 0 Å². The van der Waals surface area contributed by atoms with Crippen molar-refractivity contribution in [2.45, 2.75) is 13.8 Å². The summed E-state index contributed by atoms with van der Waals surface area (Å²) in [6.45, 7) is 3.49. The molecule has 74 heavy (non-hydrogen) atoms. The molecule has 0 saturated heterocycles. The summed E-state index contributed by atoms with van der Waals surface area (Å²) >= 11 is 0. The van der Waals surface area contributed by atoms with Crippen molar-refractivity contribution >= 4 is 90.7 Å². The van der Waals surface area contributed by atoms with Crippen molar-refractivity contribution in [3.8, 4) is 23.0 Å². The molecule has 0 bridgehead atoms. The molecule has 9 aromatic rings. The van der Waals surface area contributed by atoms with E-state index in [0.29, 0.717) is 55.4 Å². The van der Waals surface area contributed by atoms with Gasteiger partial charge < -0.3 is 41.0 Å². The smallest absolute Gasteiger partial charge is 0.259 e. The SMILES string of the molecule is COc1c(N=Nc2c(O)c(C(=O)Nc3cc(C)c(NC(=O)c4cc5ccccc5c(N=Nc5cccc(C(=O)Nc6ccccc6)c5OC)c4O)cc3C)cc3ccccc23)cccc1C(=O)Nc1ccccc1. The highest BCUT2D eigenvalue weighted by Crippen LogP contribution is 2.43. The van der Waals surface area contributed by atoms with Gasteiger partial charge in [-0.15, -0.1) is 20.5 Å². The monoisotopic (exact) mass is 982 g/mol. The molecule has 0 saturated carbocycles. The third kappa shape index (κ3) is 10.2. The van der Waals surface area contributed by atoms with E-state index in [1.54, 1.807) is 172 Å². The van der Waals surface area contributed by atoms with Gasteiger partial charge in [-0.2, -0.15) is 0 Å². The fourth-order valence-electron chi connectivity index (χ4n) is 8.29. The van der Waals surface area contributed by atoms with E-state index in [2.05, 4.69) is 41.7 Å². The van der Waals surface area contributed by atoms with Gasteiger partial charge in [0.25, 0.3) is 23.6 Å². The minimum absolute atomic E-state index is 0.0134. The van der Waals surface area contributed by atoms with Crippen molar-refractivity contribution in [2.24, 2.45) is 20.5 Å². The highest BCUT2D eigenvalue weighted by atomic mass is 16.5. The van der Waals surface area contributed by atoms with Gasteiger partial charge in [-0.25, -0.2) is 0 Å². The van der Waals surface area contributed by atoms with Crippen LogP contribution in [0, 0.1) is 13.8 Å². The van der Waals surface area contributed by atoms with Crippen molar-refractivity contribution in [3.63, 3.8) is 0 Å². The number of para-hydroxylation sites is 4. The number of fused-ring (bicyclic) bond motifs is 2. The molecule has 6 N–H and O–H groups in total. The number of phenolic OH excluding ortho intramolecular Hbond substituents is 2. The molecular formula is C58H46N8O8. The molecule has 16 heteroatoms. The first-order chi connectivity index (χ1) is 35.9. The largest absolute Gasteiger partial charge is 0.505 e. The number of ether oxygens (including phenoxy) is 2. The number of hydrogen-bond acceptors (Lipinski definition) is 12. The number of phenols is 2. The number of azo groups is 2. The Kier molecular flexibility index (Phi) is 14.1. The molecule has 0 aliphatic heterocycles. The zero-order valence-corrected chi connectivity index (χ0v) is 40.3. The van der Waals surface area contributed by atoms with Crippen LogP contribution in [-0.4, -0.2) is 48.1 Å². The fraction of sp³-hybridized carbons (Fsp3) is 0.0690. The van der Waals surface area contributed by atoms with E-state index >= 15 is 0 Å². The molecule has 0 aromatic heterocycles. The minimum atomic E-state index is -0.649. The number of hydrogen-bond donors (Lipinski definition) is 6. The molecule has 16 nitrogen and oxygen atoms in total. The molecule has 0 radical (unpaired) electrons. The van der Waals surface area contributed by atoms with Crippen LogP contribution in [-0.2, 0) is 0 Å². The lowest BCUT2D eigenvalue weighted by Gasteiger charge is -2.16. The summed E-state index contributed by atoms with van der Waals surface area (Å²) in [6.07, 6.45) is 0. The van der Waals surface area contributed by atoms with Crippen molar-refractivity contribution in [1.82, 2.24) is 0 Å². The lowest BCUT2D eigenvalue weighted by molar-refractivity contribution is 0.101. The van der Waals surface area contributed by atoms with E-state index in [9.17, 15) is 29.4 Å². The van der Waals surface area contributed by atoms with Gasteiger partial charge in [0.2, 0.25) is 0 Å². The van der Waals surface area contributed by atoms with Gasteiger partial charge in [-0.1, -0.05) is 97.1 Å². The van der Waals surface area contributed by atoms with Crippen LogP contribution in [0.1, 0.15) is 52.6 Å². The molecule has 4 amide bonds. The third-order valence-electron chi connectivity index (χ3n) is 12.0.